The number of nitrogen functional groups attached to an aromatic ring is 1. The molecule has 0 saturated carbocycles. The van der Waals surface area contributed by atoms with Crippen molar-refractivity contribution in [3.8, 4) is 23.1 Å². The van der Waals surface area contributed by atoms with Crippen molar-refractivity contribution in [1.82, 2.24) is 15.0 Å². The van der Waals surface area contributed by atoms with Crippen LogP contribution in [0.5, 0.6) is 11.8 Å². The van der Waals surface area contributed by atoms with E-state index < -0.39 is 0 Å². The summed E-state index contributed by atoms with van der Waals surface area (Å²) >= 11 is 0. The van der Waals surface area contributed by atoms with Crippen molar-refractivity contribution < 1.29 is 9.47 Å². The monoisotopic (exact) mass is 274 g/mol. The zero-order valence-corrected chi connectivity index (χ0v) is 11.8. The van der Waals surface area contributed by atoms with Crippen LogP contribution in [0.4, 0.5) is 5.95 Å². The molecular weight excluding hydrogens is 256 g/mol. The van der Waals surface area contributed by atoms with Crippen molar-refractivity contribution >= 4 is 5.95 Å². The summed E-state index contributed by atoms with van der Waals surface area (Å²) in [5.41, 5.74) is 6.50. The largest absolute Gasteiger partial charge is 0.494 e. The molecule has 0 unspecified atom stereocenters. The first-order valence-electron chi connectivity index (χ1n) is 6.50. The average molecular weight is 274 g/mol. The molecule has 2 N–H and O–H groups in total. The first-order chi connectivity index (χ1) is 9.58. The first kappa shape index (κ1) is 14.0. The number of rotatable bonds is 5. The van der Waals surface area contributed by atoms with Crippen molar-refractivity contribution in [3.63, 3.8) is 0 Å². The molecule has 0 amide bonds. The fraction of sp³-hybridized carbons (Fsp3) is 0.357. The SMILES string of the molecule is CCOc1cccc(-c2nc(N)nc(OC(C)C)n2)c1. The number of nitrogens with zero attached hydrogens (tertiary/aromatic N) is 3. The van der Waals surface area contributed by atoms with E-state index in [4.69, 9.17) is 15.2 Å². The summed E-state index contributed by atoms with van der Waals surface area (Å²) in [6, 6.07) is 7.73. The molecule has 106 valence electrons. The van der Waals surface area contributed by atoms with E-state index >= 15 is 0 Å². The fourth-order valence-corrected chi connectivity index (χ4v) is 1.66. The van der Waals surface area contributed by atoms with E-state index in [2.05, 4.69) is 15.0 Å². The van der Waals surface area contributed by atoms with E-state index in [1.54, 1.807) is 0 Å². The highest BCUT2D eigenvalue weighted by atomic mass is 16.5. The van der Waals surface area contributed by atoms with Gasteiger partial charge in [0, 0.05) is 5.56 Å². The summed E-state index contributed by atoms with van der Waals surface area (Å²) in [6.45, 7) is 6.33. The lowest BCUT2D eigenvalue weighted by atomic mass is 10.2. The molecule has 0 atom stereocenters. The van der Waals surface area contributed by atoms with Gasteiger partial charge in [-0.2, -0.15) is 15.0 Å². The Morgan fingerprint density at radius 3 is 2.70 bits per heavy atom. The molecule has 6 heteroatoms. The Balaban J connectivity index is 2.36. The van der Waals surface area contributed by atoms with E-state index in [-0.39, 0.29) is 18.1 Å². The maximum Gasteiger partial charge on any atom is 0.322 e. The van der Waals surface area contributed by atoms with E-state index in [0.717, 1.165) is 11.3 Å². The van der Waals surface area contributed by atoms with Crippen molar-refractivity contribution in [2.45, 2.75) is 26.9 Å². The number of benzene rings is 1. The number of hydrogen-bond donors (Lipinski definition) is 1. The third kappa shape index (κ3) is 3.57. The van der Waals surface area contributed by atoms with Crippen molar-refractivity contribution in [2.24, 2.45) is 0 Å². The molecule has 1 heterocycles. The Bertz CT molecular complexity index is 587. The van der Waals surface area contributed by atoms with Crippen LogP contribution < -0.4 is 15.2 Å². The van der Waals surface area contributed by atoms with Crippen LogP contribution in [0, 0.1) is 0 Å². The van der Waals surface area contributed by atoms with Crippen LogP contribution in [0.2, 0.25) is 0 Å². The quantitative estimate of drug-likeness (QED) is 0.900. The van der Waals surface area contributed by atoms with Gasteiger partial charge in [0.15, 0.2) is 5.82 Å². The van der Waals surface area contributed by atoms with Crippen LogP contribution in [0.15, 0.2) is 24.3 Å². The minimum Gasteiger partial charge on any atom is -0.494 e. The zero-order valence-electron chi connectivity index (χ0n) is 11.8. The smallest absolute Gasteiger partial charge is 0.322 e. The maximum absolute atomic E-state index is 5.70. The van der Waals surface area contributed by atoms with Crippen LogP contribution in [0.1, 0.15) is 20.8 Å². The highest BCUT2D eigenvalue weighted by molar-refractivity contribution is 5.58. The van der Waals surface area contributed by atoms with Gasteiger partial charge < -0.3 is 15.2 Å². The van der Waals surface area contributed by atoms with Gasteiger partial charge in [-0.25, -0.2) is 0 Å². The van der Waals surface area contributed by atoms with Crippen LogP contribution >= 0.6 is 0 Å². The second kappa shape index (κ2) is 6.18. The maximum atomic E-state index is 5.70. The minimum atomic E-state index is -0.0283. The van der Waals surface area contributed by atoms with Gasteiger partial charge in [-0.3, -0.25) is 0 Å². The van der Waals surface area contributed by atoms with Gasteiger partial charge in [0.2, 0.25) is 5.95 Å². The first-order valence-corrected chi connectivity index (χ1v) is 6.50. The lowest BCUT2D eigenvalue weighted by Crippen LogP contribution is -2.11. The summed E-state index contributed by atoms with van der Waals surface area (Å²) in [7, 11) is 0. The molecule has 0 radical (unpaired) electrons. The predicted molar refractivity (Wildman–Crippen MR) is 76.6 cm³/mol. The Hall–Kier alpha value is -2.37. The molecule has 20 heavy (non-hydrogen) atoms. The van der Waals surface area contributed by atoms with Crippen molar-refractivity contribution in [3.05, 3.63) is 24.3 Å². The van der Waals surface area contributed by atoms with Crippen LogP contribution in [-0.4, -0.2) is 27.7 Å². The van der Waals surface area contributed by atoms with Crippen LogP contribution in [0.3, 0.4) is 0 Å². The molecule has 0 aliphatic rings. The van der Waals surface area contributed by atoms with Gasteiger partial charge in [-0.05, 0) is 32.9 Å². The third-order valence-electron chi connectivity index (χ3n) is 2.38. The standard InChI is InChI=1S/C14H18N4O2/c1-4-19-11-7-5-6-10(8-11)12-16-13(15)18-14(17-12)20-9(2)3/h5-9H,4H2,1-3H3,(H2,15,16,17,18). The van der Waals surface area contributed by atoms with Gasteiger partial charge >= 0.3 is 6.01 Å². The summed E-state index contributed by atoms with van der Waals surface area (Å²) < 4.78 is 10.9. The highest BCUT2D eigenvalue weighted by Crippen LogP contribution is 2.22. The number of hydrogen-bond acceptors (Lipinski definition) is 6. The minimum absolute atomic E-state index is 0.0283. The number of ether oxygens (including phenoxy) is 2. The van der Waals surface area contributed by atoms with Gasteiger partial charge in [0.05, 0.1) is 12.7 Å². The van der Waals surface area contributed by atoms with E-state index in [9.17, 15) is 0 Å². The molecule has 0 spiro atoms. The van der Waals surface area contributed by atoms with E-state index in [1.807, 2.05) is 45.0 Å². The Morgan fingerprint density at radius 2 is 2.00 bits per heavy atom. The molecular formula is C14H18N4O2. The number of nitrogens with two attached hydrogens (primary N) is 1. The Morgan fingerprint density at radius 1 is 1.20 bits per heavy atom. The Kier molecular flexibility index (Phi) is 4.34. The van der Waals surface area contributed by atoms with Gasteiger partial charge in [-0.1, -0.05) is 12.1 Å². The second-order valence-electron chi connectivity index (χ2n) is 4.43. The van der Waals surface area contributed by atoms with Crippen LogP contribution in [-0.2, 0) is 0 Å². The molecule has 1 aromatic heterocycles. The molecule has 0 bridgehead atoms. The molecule has 0 aliphatic carbocycles. The summed E-state index contributed by atoms with van der Waals surface area (Å²) in [5, 5.41) is 0. The number of aromatic nitrogens is 3. The molecule has 0 saturated heterocycles. The highest BCUT2D eigenvalue weighted by Gasteiger charge is 2.09. The predicted octanol–water partition coefficient (Wildman–Crippen LogP) is 2.31. The summed E-state index contributed by atoms with van der Waals surface area (Å²) in [5.74, 6) is 1.36. The Labute approximate surface area is 118 Å². The zero-order chi connectivity index (χ0) is 14.5. The molecule has 6 nitrogen and oxygen atoms in total. The second-order valence-corrected chi connectivity index (χ2v) is 4.43. The van der Waals surface area contributed by atoms with Gasteiger partial charge in [-0.15, -0.1) is 0 Å². The van der Waals surface area contributed by atoms with Crippen molar-refractivity contribution in [2.75, 3.05) is 12.3 Å². The fourth-order valence-electron chi connectivity index (χ4n) is 1.66. The van der Waals surface area contributed by atoms with Gasteiger partial charge in [0.1, 0.15) is 5.75 Å². The lowest BCUT2D eigenvalue weighted by molar-refractivity contribution is 0.222. The molecule has 1 aromatic carbocycles. The summed E-state index contributed by atoms with van der Waals surface area (Å²) in [6.07, 6.45) is -0.0283. The normalized spacial score (nSPS) is 10.6. The van der Waals surface area contributed by atoms with Gasteiger partial charge in [0.25, 0.3) is 0 Å². The van der Waals surface area contributed by atoms with E-state index in [1.165, 1.54) is 0 Å². The van der Waals surface area contributed by atoms with Crippen molar-refractivity contribution in [1.29, 1.82) is 0 Å². The number of anilines is 1. The molecule has 0 fully saturated rings. The third-order valence-corrected chi connectivity index (χ3v) is 2.38. The van der Waals surface area contributed by atoms with Crippen LogP contribution in [0.25, 0.3) is 11.4 Å². The lowest BCUT2D eigenvalue weighted by Gasteiger charge is -2.10. The summed E-state index contributed by atoms with van der Waals surface area (Å²) in [4.78, 5) is 12.4. The van der Waals surface area contributed by atoms with E-state index in [0.29, 0.717) is 12.4 Å². The topological polar surface area (TPSA) is 83.2 Å². The molecule has 2 rings (SSSR count). The molecule has 2 aromatic rings. The molecule has 0 aliphatic heterocycles. The average Bonchev–Trinajstić information content (AvgIpc) is 2.38.